The third kappa shape index (κ3) is 3.59. The van der Waals surface area contributed by atoms with Crippen molar-refractivity contribution in [2.75, 3.05) is 24.7 Å². The lowest BCUT2D eigenvalue weighted by Gasteiger charge is -2.27. The highest BCUT2D eigenvalue weighted by Gasteiger charge is 2.35. The maximum absolute atomic E-state index is 13.9. The molecule has 1 aromatic carbocycles. The zero-order valence-electron chi connectivity index (χ0n) is 11.8. The van der Waals surface area contributed by atoms with Gasteiger partial charge in [-0.25, -0.2) is 12.8 Å². The van der Waals surface area contributed by atoms with E-state index < -0.39 is 27.6 Å². The summed E-state index contributed by atoms with van der Waals surface area (Å²) in [5, 5.41) is 9.10. The Hall–Kier alpha value is -1.47. The molecule has 1 N–H and O–H groups in total. The molecule has 0 radical (unpaired) electrons. The molecule has 1 heterocycles. The Morgan fingerprint density at radius 1 is 1.48 bits per heavy atom. The molecule has 1 aromatic rings. The minimum absolute atomic E-state index is 0.00760. The van der Waals surface area contributed by atoms with Gasteiger partial charge in [-0.3, -0.25) is 4.79 Å². The average Bonchev–Trinajstić information content (AvgIpc) is 2.75. The molecular formula is C14H18FNO4S. The molecule has 0 aliphatic carbocycles. The Labute approximate surface area is 123 Å². The van der Waals surface area contributed by atoms with Crippen LogP contribution in [-0.2, 0) is 9.84 Å². The van der Waals surface area contributed by atoms with E-state index in [9.17, 15) is 17.6 Å². The van der Waals surface area contributed by atoms with Gasteiger partial charge in [0.1, 0.15) is 5.82 Å². The van der Waals surface area contributed by atoms with Crippen molar-refractivity contribution < 1.29 is 22.7 Å². The highest BCUT2D eigenvalue weighted by Crippen LogP contribution is 2.21. The molecule has 116 valence electrons. The molecule has 2 rings (SSSR count). The minimum atomic E-state index is -3.16. The summed E-state index contributed by atoms with van der Waals surface area (Å²) in [6, 6.07) is 3.77. The summed E-state index contributed by atoms with van der Waals surface area (Å²) in [7, 11) is -3.16. The van der Waals surface area contributed by atoms with E-state index in [1.165, 1.54) is 17.0 Å². The van der Waals surface area contributed by atoms with Crippen molar-refractivity contribution in [3.05, 3.63) is 35.1 Å². The summed E-state index contributed by atoms with van der Waals surface area (Å²) in [5.74, 6) is -1.33. The van der Waals surface area contributed by atoms with Crippen LogP contribution in [0.5, 0.6) is 0 Å². The molecule has 7 heteroatoms. The zero-order chi connectivity index (χ0) is 15.6. The van der Waals surface area contributed by atoms with Crippen LogP contribution in [0.3, 0.4) is 0 Å². The number of benzene rings is 1. The normalized spacial score (nSPS) is 20.4. The number of hydrogen-bond donors (Lipinski definition) is 1. The predicted molar refractivity (Wildman–Crippen MR) is 76.3 cm³/mol. The summed E-state index contributed by atoms with van der Waals surface area (Å²) in [6.45, 7) is 1.41. The van der Waals surface area contributed by atoms with Crippen LogP contribution in [0.15, 0.2) is 18.2 Å². The van der Waals surface area contributed by atoms with E-state index in [0.29, 0.717) is 12.0 Å². The van der Waals surface area contributed by atoms with E-state index in [0.717, 1.165) is 0 Å². The highest BCUT2D eigenvalue weighted by molar-refractivity contribution is 7.91. The SMILES string of the molecule is Cc1ccc(C(=O)N(CCO)C2CCS(=O)(=O)C2)c(F)c1. The lowest BCUT2D eigenvalue weighted by molar-refractivity contribution is 0.0650. The van der Waals surface area contributed by atoms with Crippen LogP contribution in [0.2, 0.25) is 0 Å². The third-order valence-corrected chi connectivity index (χ3v) is 5.36. The van der Waals surface area contributed by atoms with E-state index in [1.807, 2.05) is 0 Å². The van der Waals surface area contributed by atoms with Gasteiger partial charge in [-0.15, -0.1) is 0 Å². The molecule has 1 atom stereocenters. The van der Waals surface area contributed by atoms with Crippen LogP contribution in [-0.4, -0.2) is 55.0 Å². The number of carbonyl (C=O) groups is 1. The second-order valence-corrected chi connectivity index (χ2v) is 7.49. The van der Waals surface area contributed by atoms with E-state index in [2.05, 4.69) is 0 Å². The van der Waals surface area contributed by atoms with Crippen molar-refractivity contribution >= 4 is 15.7 Å². The predicted octanol–water partition coefficient (Wildman–Crippen LogP) is 0.756. The number of carbonyl (C=O) groups excluding carboxylic acids is 1. The van der Waals surface area contributed by atoms with Crippen molar-refractivity contribution in [1.29, 1.82) is 0 Å². The first-order valence-electron chi connectivity index (χ1n) is 6.72. The number of aliphatic hydroxyl groups excluding tert-OH is 1. The quantitative estimate of drug-likeness (QED) is 0.890. The third-order valence-electron chi connectivity index (χ3n) is 3.61. The molecule has 1 aliphatic rings. The number of nitrogens with zero attached hydrogens (tertiary/aromatic N) is 1. The number of rotatable bonds is 4. The lowest BCUT2D eigenvalue weighted by Crippen LogP contribution is -2.43. The topological polar surface area (TPSA) is 74.7 Å². The second-order valence-electron chi connectivity index (χ2n) is 5.26. The van der Waals surface area contributed by atoms with Gasteiger partial charge in [0.15, 0.2) is 9.84 Å². The van der Waals surface area contributed by atoms with Gasteiger partial charge in [-0.1, -0.05) is 6.07 Å². The largest absolute Gasteiger partial charge is 0.395 e. The van der Waals surface area contributed by atoms with Crippen LogP contribution < -0.4 is 0 Å². The van der Waals surface area contributed by atoms with Crippen LogP contribution >= 0.6 is 0 Å². The summed E-state index contributed by atoms with van der Waals surface area (Å²) >= 11 is 0. The summed E-state index contributed by atoms with van der Waals surface area (Å²) in [4.78, 5) is 13.7. The second kappa shape index (κ2) is 6.11. The van der Waals surface area contributed by atoms with Crippen molar-refractivity contribution in [2.45, 2.75) is 19.4 Å². The fourth-order valence-electron chi connectivity index (χ4n) is 2.53. The van der Waals surface area contributed by atoms with Gasteiger partial charge in [0, 0.05) is 12.6 Å². The number of aliphatic hydroxyl groups is 1. The van der Waals surface area contributed by atoms with E-state index in [4.69, 9.17) is 5.11 Å². The van der Waals surface area contributed by atoms with Crippen molar-refractivity contribution in [3.63, 3.8) is 0 Å². The number of hydrogen-bond acceptors (Lipinski definition) is 4. The van der Waals surface area contributed by atoms with Gasteiger partial charge in [0.2, 0.25) is 0 Å². The van der Waals surface area contributed by atoms with Gasteiger partial charge in [-0.2, -0.15) is 0 Å². The van der Waals surface area contributed by atoms with Gasteiger partial charge in [0.05, 0.1) is 23.7 Å². The van der Waals surface area contributed by atoms with Crippen LogP contribution in [0.1, 0.15) is 22.3 Å². The molecule has 1 fully saturated rings. The first-order chi connectivity index (χ1) is 9.84. The van der Waals surface area contributed by atoms with Crippen molar-refractivity contribution in [2.24, 2.45) is 0 Å². The van der Waals surface area contributed by atoms with Gasteiger partial charge < -0.3 is 10.0 Å². The van der Waals surface area contributed by atoms with Crippen LogP contribution in [0.25, 0.3) is 0 Å². The fraction of sp³-hybridized carbons (Fsp3) is 0.500. The number of aryl methyl sites for hydroxylation is 1. The van der Waals surface area contributed by atoms with Crippen molar-refractivity contribution in [3.8, 4) is 0 Å². The van der Waals surface area contributed by atoms with Gasteiger partial charge in [-0.05, 0) is 31.0 Å². The molecule has 0 aromatic heterocycles. The molecule has 1 unspecified atom stereocenters. The number of halogens is 1. The van der Waals surface area contributed by atoms with Crippen molar-refractivity contribution in [1.82, 2.24) is 4.90 Å². The molecule has 5 nitrogen and oxygen atoms in total. The molecule has 21 heavy (non-hydrogen) atoms. The Balaban J connectivity index is 2.27. The maximum atomic E-state index is 13.9. The van der Waals surface area contributed by atoms with Crippen LogP contribution in [0.4, 0.5) is 4.39 Å². The Morgan fingerprint density at radius 2 is 2.19 bits per heavy atom. The van der Waals surface area contributed by atoms with E-state index in [-0.39, 0.29) is 30.2 Å². The molecule has 0 spiro atoms. The zero-order valence-corrected chi connectivity index (χ0v) is 12.6. The summed E-state index contributed by atoms with van der Waals surface area (Å²) in [6.07, 6.45) is 0.321. The van der Waals surface area contributed by atoms with Gasteiger partial charge in [0.25, 0.3) is 5.91 Å². The Bertz CT molecular complexity index is 644. The average molecular weight is 315 g/mol. The molecule has 0 bridgehead atoms. The fourth-order valence-corrected chi connectivity index (χ4v) is 4.26. The number of amides is 1. The van der Waals surface area contributed by atoms with Crippen LogP contribution in [0, 0.1) is 12.7 Å². The minimum Gasteiger partial charge on any atom is -0.395 e. The Morgan fingerprint density at radius 3 is 2.71 bits per heavy atom. The van der Waals surface area contributed by atoms with E-state index >= 15 is 0 Å². The monoisotopic (exact) mass is 315 g/mol. The first kappa shape index (κ1) is 15.9. The lowest BCUT2D eigenvalue weighted by atomic mass is 10.1. The molecule has 0 saturated carbocycles. The summed E-state index contributed by atoms with van der Waals surface area (Å²) < 4.78 is 37.0. The van der Waals surface area contributed by atoms with Gasteiger partial charge >= 0.3 is 0 Å². The smallest absolute Gasteiger partial charge is 0.257 e. The highest BCUT2D eigenvalue weighted by atomic mass is 32.2. The molecule has 1 saturated heterocycles. The molecule has 1 amide bonds. The first-order valence-corrected chi connectivity index (χ1v) is 8.54. The maximum Gasteiger partial charge on any atom is 0.257 e. The molecular weight excluding hydrogens is 297 g/mol. The number of sulfone groups is 1. The summed E-state index contributed by atoms with van der Waals surface area (Å²) in [5.41, 5.74) is 0.597. The van der Waals surface area contributed by atoms with E-state index in [1.54, 1.807) is 13.0 Å². The Kier molecular flexibility index (Phi) is 4.63. The standard InChI is InChI=1S/C14H18FNO4S/c1-10-2-3-12(13(15)8-10)14(18)16(5-6-17)11-4-7-21(19,20)9-11/h2-3,8,11,17H,4-7,9H2,1H3. The molecule has 1 aliphatic heterocycles.